The number of ether oxygens (including phenoxy) is 1. The number of methoxy groups -OCH3 is 1. The Morgan fingerprint density at radius 3 is 2.89 bits per heavy atom. The highest BCUT2D eigenvalue weighted by Crippen LogP contribution is 2.36. The van der Waals surface area contributed by atoms with Crippen molar-refractivity contribution in [2.75, 3.05) is 30.4 Å². The Morgan fingerprint density at radius 2 is 2.21 bits per heavy atom. The summed E-state index contributed by atoms with van der Waals surface area (Å²) in [7, 11) is 1.69. The van der Waals surface area contributed by atoms with E-state index in [1.165, 1.54) is 0 Å². The van der Waals surface area contributed by atoms with Gasteiger partial charge in [0.25, 0.3) is 11.7 Å². The fourth-order valence-electron chi connectivity index (χ4n) is 2.54. The van der Waals surface area contributed by atoms with E-state index in [0.717, 1.165) is 25.2 Å². The van der Waals surface area contributed by atoms with Crippen LogP contribution in [0.25, 0.3) is 0 Å². The Balaban J connectivity index is 1.95. The van der Waals surface area contributed by atoms with Crippen LogP contribution >= 0.6 is 11.6 Å². The van der Waals surface area contributed by atoms with Crippen molar-refractivity contribution in [2.24, 2.45) is 0 Å². The van der Waals surface area contributed by atoms with Crippen LogP contribution in [0, 0.1) is 0 Å². The van der Waals surface area contributed by atoms with Crippen LogP contribution in [0.3, 0.4) is 0 Å². The lowest BCUT2D eigenvalue weighted by molar-refractivity contribution is -0.112. The van der Waals surface area contributed by atoms with Gasteiger partial charge >= 0.3 is 0 Å². The number of hydrogen-bond donors (Lipinski definition) is 1. The summed E-state index contributed by atoms with van der Waals surface area (Å²) in [4.78, 5) is 25.0. The van der Waals surface area contributed by atoms with Crippen LogP contribution < -0.4 is 10.2 Å². The molecule has 2 aliphatic rings. The SMILES string of the molecule is COC1CCN(c2cc3c(cc2Cl)C(=O)C(=O)N3)C1. The average molecular weight is 281 g/mol. The van der Waals surface area contributed by atoms with Crippen molar-refractivity contribution in [3.8, 4) is 0 Å². The van der Waals surface area contributed by atoms with Gasteiger partial charge in [0.05, 0.1) is 28.1 Å². The Morgan fingerprint density at radius 1 is 1.42 bits per heavy atom. The van der Waals surface area contributed by atoms with E-state index in [4.69, 9.17) is 16.3 Å². The van der Waals surface area contributed by atoms with Crippen LogP contribution in [0.1, 0.15) is 16.8 Å². The number of nitrogens with one attached hydrogen (secondary N) is 1. The molecule has 19 heavy (non-hydrogen) atoms. The number of nitrogens with zero attached hydrogens (tertiary/aromatic N) is 1. The molecule has 5 nitrogen and oxygen atoms in total. The minimum Gasteiger partial charge on any atom is -0.380 e. The van der Waals surface area contributed by atoms with E-state index in [9.17, 15) is 9.59 Å². The number of ketones is 1. The van der Waals surface area contributed by atoms with Crippen LogP contribution in [0.4, 0.5) is 11.4 Å². The van der Waals surface area contributed by atoms with E-state index >= 15 is 0 Å². The number of carbonyl (C=O) groups is 2. The van der Waals surface area contributed by atoms with Crippen LogP contribution in [0.5, 0.6) is 0 Å². The number of fused-ring (bicyclic) bond motifs is 1. The van der Waals surface area contributed by atoms with Crippen molar-refractivity contribution in [3.05, 3.63) is 22.7 Å². The standard InChI is InChI=1S/C13H13ClN2O3/c1-19-7-2-3-16(6-7)11-5-10-8(4-9(11)14)12(17)13(18)15-10/h4-5,7H,2-3,6H2,1H3,(H,15,17,18). The van der Waals surface area contributed by atoms with Crippen molar-refractivity contribution in [3.63, 3.8) is 0 Å². The van der Waals surface area contributed by atoms with Gasteiger partial charge < -0.3 is 15.0 Å². The number of hydrogen-bond acceptors (Lipinski definition) is 4. The zero-order valence-corrected chi connectivity index (χ0v) is 11.2. The third-order valence-electron chi connectivity index (χ3n) is 3.61. The Bertz CT molecular complexity index is 573. The van der Waals surface area contributed by atoms with Gasteiger partial charge in [-0.15, -0.1) is 0 Å². The molecule has 0 aliphatic carbocycles. The summed E-state index contributed by atoms with van der Waals surface area (Å²) in [6.45, 7) is 1.61. The summed E-state index contributed by atoms with van der Waals surface area (Å²) in [5.74, 6) is -1.13. The highest BCUT2D eigenvalue weighted by atomic mass is 35.5. The maximum absolute atomic E-state index is 11.6. The number of rotatable bonds is 2. The van der Waals surface area contributed by atoms with Gasteiger partial charge in [0.2, 0.25) is 0 Å². The fraction of sp³-hybridized carbons (Fsp3) is 0.385. The van der Waals surface area contributed by atoms with E-state index in [0.29, 0.717) is 16.3 Å². The van der Waals surface area contributed by atoms with E-state index in [1.54, 1.807) is 19.2 Å². The van der Waals surface area contributed by atoms with Gasteiger partial charge in [-0.25, -0.2) is 0 Å². The Kier molecular flexibility index (Phi) is 2.95. The van der Waals surface area contributed by atoms with Gasteiger partial charge in [0.15, 0.2) is 0 Å². The normalized spacial score (nSPS) is 21.8. The van der Waals surface area contributed by atoms with E-state index in [1.807, 2.05) is 0 Å². The van der Waals surface area contributed by atoms with Crippen molar-refractivity contribution in [2.45, 2.75) is 12.5 Å². The summed E-state index contributed by atoms with van der Waals surface area (Å²) < 4.78 is 5.32. The first-order valence-electron chi connectivity index (χ1n) is 6.07. The molecule has 1 aromatic carbocycles. The maximum Gasteiger partial charge on any atom is 0.296 e. The van der Waals surface area contributed by atoms with Gasteiger partial charge in [-0.2, -0.15) is 0 Å². The lowest BCUT2D eigenvalue weighted by atomic mass is 10.1. The molecule has 2 heterocycles. The maximum atomic E-state index is 11.6. The van der Waals surface area contributed by atoms with Crippen LogP contribution in [-0.4, -0.2) is 38.0 Å². The minimum atomic E-state index is -0.598. The zero-order valence-electron chi connectivity index (χ0n) is 10.4. The van der Waals surface area contributed by atoms with Gasteiger partial charge in [-0.1, -0.05) is 11.6 Å². The molecule has 1 atom stereocenters. The smallest absolute Gasteiger partial charge is 0.296 e. The quantitative estimate of drug-likeness (QED) is 0.838. The van der Waals surface area contributed by atoms with E-state index in [2.05, 4.69) is 10.2 Å². The average Bonchev–Trinajstić information content (AvgIpc) is 2.96. The van der Waals surface area contributed by atoms with Crippen molar-refractivity contribution in [1.29, 1.82) is 0 Å². The van der Waals surface area contributed by atoms with Gasteiger partial charge in [-0.3, -0.25) is 9.59 Å². The highest BCUT2D eigenvalue weighted by molar-refractivity contribution is 6.52. The molecule has 0 spiro atoms. The molecule has 1 saturated heterocycles. The monoisotopic (exact) mass is 280 g/mol. The first-order chi connectivity index (χ1) is 9.10. The van der Waals surface area contributed by atoms with Gasteiger partial charge in [-0.05, 0) is 18.6 Å². The molecule has 100 valence electrons. The van der Waals surface area contributed by atoms with Gasteiger partial charge in [0, 0.05) is 20.2 Å². The molecule has 0 radical (unpaired) electrons. The molecule has 2 aliphatic heterocycles. The first kappa shape index (κ1) is 12.4. The largest absolute Gasteiger partial charge is 0.380 e. The molecule has 1 aromatic rings. The van der Waals surface area contributed by atoms with Crippen LogP contribution in [-0.2, 0) is 9.53 Å². The number of carbonyl (C=O) groups excluding carboxylic acids is 2. The number of amides is 1. The molecule has 0 bridgehead atoms. The van der Waals surface area contributed by atoms with Crippen molar-refractivity contribution >= 4 is 34.7 Å². The second-order valence-electron chi connectivity index (χ2n) is 4.72. The molecule has 3 rings (SSSR count). The highest BCUT2D eigenvalue weighted by Gasteiger charge is 2.31. The Hall–Kier alpha value is -1.59. The molecule has 1 amide bonds. The van der Waals surface area contributed by atoms with E-state index < -0.39 is 11.7 Å². The predicted octanol–water partition coefficient (Wildman–Crippen LogP) is 1.70. The molecule has 6 heteroatoms. The second-order valence-corrected chi connectivity index (χ2v) is 5.13. The molecular formula is C13H13ClN2O3. The number of halogens is 1. The van der Waals surface area contributed by atoms with Crippen molar-refractivity contribution in [1.82, 2.24) is 0 Å². The molecular weight excluding hydrogens is 268 g/mol. The summed E-state index contributed by atoms with van der Waals surface area (Å²) in [6, 6.07) is 3.32. The third-order valence-corrected chi connectivity index (χ3v) is 3.91. The molecule has 0 aromatic heterocycles. The topological polar surface area (TPSA) is 58.6 Å². The zero-order chi connectivity index (χ0) is 13.6. The van der Waals surface area contributed by atoms with E-state index in [-0.39, 0.29) is 6.10 Å². The lowest BCUT2D eigenvalue weighted by Gasteiger charge is -2.20. The third kappa shape index (κ3) is 1.99. The number of anilines is 2. The Labute approximate surface area is 115 Å². The summed E-state index contributed by atoms with van der Waals surface area (Å²) >= 11 is 6.22. The van der Waals surface area contributed by atoms with Crippen LogP contribution in [0.2, 0.25) is 5.02 Å². The lowest BCUT2D eigenvalue weighted by Crippen LogP contribution is -2.22. The summed E-state index contributed by atoms with van der Waals surface area (Å²) in [6.07, 6.45) is 1.13. The first-order valence-corrected chi connectivity index (χ1v) is 6.45. The van der Waals surface area contributed by atoms with Crippen LogP contribution in [0.15, 0.2) is 12.1 Å². The number of benzene rings is 1. The summed E-state index contributed by atoms with van der Waals surface area (Å²) in [5.41, 5.74) is 1.71. The fourth-order valence-corrected chi connectivity index (χ4v) is 2.82. The molecule has 1 N–H and O–H groups in total. The predicted molar refractivity (Wildman–Crippen MR) is 72.0 cm³/mol. The van der Waals surface area contributed by atoms with Gasteiger partial charge in [0.1, 0.15) is 0 Å². The van der Waals surface area contributed by atoms with Crippen molar-refractivity contribution < 1.29 is 14.3 Å². The second kappa shape index (κ2) is 4.51. The summed E-state index contributed by atoms with van der Waals surface area (Å²) in [5, 5.41) is 3.04. The molecule has 0 saturated carbocycles. The number of Topliss-reactive ketones (excluding diaryl/α,β-unsaturated/α-hetero) is 1. The minimum absolute atomic E-state index is 0.195. The molecule has 1 unspecified atom stereocenters. The molecule has 1 fully saturated rings.